The van der Waals surface area contributed by atoms with Gasteiger partial charge in [-0.1, -0.05) is 6.07 Å². The van der Waals surface area contributed by atoms with E-state index in [0.29, 0.717) is 12.6 Å². The van der Waals surface area contributed by atoms with Gasteiger partial charge in [0.2, 0.25) is 0 Å². The van der Waals surface area contributed by atoms with Crippen molar-refractivity contribution < 1.29 is 4.74 Å². The summed E-state index contributed by atoms with van der Waals surface area (Å²) in [4.78, 5) is 6.83. The van der Waals surface area contributed by atoms with Crippen LogP contribution in [0.4, 0.5) is 0 Å². The fourth-order valence-corrected chi connectivity index (χ4v) is 4.40. The molecule has 0 saturated carbocycles. The summed E-state index contributed by atoms with van der Waals surface area (Å²) in [5.74, 6) is 0. The highest BCUT2D eigenvalue weighted by Crippen LogP contribution is 2.41. The number of hydrogen-bond acceptors (Lipinski definition) is 3. The molecular weight excluding hydrogens is 344 g/mol. The summed E-state index contributed by atoms with van der Waals surface area (Å²) >= 11 is 5.67. The molecule has 1 aliphatic heterocycles. The lowest BCUT2D eigenvalue weighted by molar-refractivity contribution is 0.164. The van der Waals surface area contributed by atoms with Gasteiger partial charge in [-0.2, -0.15) is 0 Å². The SMILES string of the molecule is COCCN1C(=S)N[C@@H](c2ccccn2)[C@@H]1c1cc(C)n(C(C)C)c1C. The molecule has 0 unspecified atom stereocenters. The third kappa shape index (κ3) is 3.35. The Bertz CT molecular complexity index is 772. The molecule has 2 atom stereocenters. The lowest BCUT2D eigenvalue weighted by Gasteiger charge is -2.28. The molecule has 140 valence electrons. The fraction of sp³-hybridized carbons (Fsp3) is 0.500. The molecule has 0 amide bonds. The van der Waals surface area contributed by atoms with Crippen LogP contribution in [0.15, 0.2) is 30.5 Å². The lowest BCUT2D eigenvalue weighted by atomic mass is 9.97. The summed E-state index contributed by atoms with van der Waals surface area (Å²) in [5, 5.41) is 4.25. The van der Waals surface area contributed by atoms with E-state index in [1.807, 2.05) is 18.3 Å². The topological polar surface area (TPSA) is 42.3 Å². The summed E-state index contributed by atoms with van der Waals surface area (Å²) in [5.41, 5.74) is 4.87. The van der Waals surface area contributed by atoms with Crippen LogP contribution in [-0.4, -0.2) is 39.8 Å². The molecule has 1 N–H and O–H groups in total. The predicted octanol–water partition coefficient (Wildman–Crippen LogP) is 3.70. The molecule has 1 saturated heterocycles. The van der Waals surface area contributed by atoms with Crippen LogP contribution in [0.5, 0.6) is 0 Å². The van der Waals surface area contributed by atoms with Gasteiger partial charge in [-0.3, -0.25) is 4.98 Å². The van der Waals surface area contributed by atoms with Crippen LogP contribution in [0.25, 0.3) is 0 Å². The van der Waals surface area contributed by atoms with Crippen molar-refractivity contribution in [3.05, 3.63) is 53.1 Å². The maximum Gasteiger partial charge on any atom is 0.170 e. The molecule has 5 nitrogen and oxygen atoms in total. The largest absolute Gasteiger partial charge is 0.383 e. The first-order chi connectivity index (χ1) is 12.5. The second kappa shape index (κ2) is 7.76. The summed E-state index contributed by atoms with van der Waals surface area (Å²) in [6.45, 7) is 10.2. The molecule has 6 heteroatoms. The van der Waals surface area contributed by atoms with Gasteiger partial charge in [0.1, 0.15) is 0 Å². The number of methoxy groups -OCH3 is 1. The highest BCUT2D eigenvalue weighted by atomic mass is 32.1. The molecule has 1 aliphatic rings. The Kier molecular flexibility index (Phi) is 5.63. The number of hydrogen-bond donors (Lipinski definition) is 1. The molecule has 2 aromatic rings. The first kappa shape index (κ1) is 18.9. The lowest BCUT2D eigenvalue weighted by Crippen LogP contribution is -2.32. The quantitative estimate of drug-likeness (QED) is 0.783. The Hall–Kier alpha value is -1.92. The van der Waals surface area contributed by atoms with Crippen molar-refractivity contribution in [1.82, 2.24) is 19.8 Å². The van der Waals surface area contributed by atoms with Gasteiger partial charge in [0.05, 0.1) is 24.4 Å². The smallest absolute Gasteiger partial charge is 0.170 e. The fourth-order valence-electron chi connectivity index (χ4n) is 4.07. The number of aryl methyl sites for hydroxylation is 1. The van der Waals surface area contributed by atoms with E-state index in [4.69, 9.17) is 17.0 Å². The van der Waals surface area contributed by atoms with Gasteiger partial charge in [-0.25, -0.2) is 0 Å². The van der Waals surface area contributed by atoms with Crippen LogP contribution in [0.3, 0.4) is 0 Å². The number of pyridine rings is 1. The molecule has 0 aromatic carbocycles. The molecule has 0 spiro atoms. The van der Waals surface area contributed by atoms with Gasteiger partial charge < -0.3 is 19.5 Å². The number of nitrogens with zero attached hydrogens (tertiary/aromatic N) is 3. The average Bonchev–Trinajstić information content (AvgIpc) is 3.09. The third-order valence-corrected chi connectivity index (χ3v) is 5.44. The summed E-state index contributed by atoms with van der Waals surface area (Å²) in [6.07, 6.45) is 1.84. The zero-order chi connectivity index (χ0) is 18.8. The highest BCUT2D eigenvalue weighted by Gasteiger charge is 2.41. The van der Waals surface area contributed by atoms with E-state index in [-0.39, 0.29) is 12.1 Å². The molecule has 0 aliphatic carbocycles. The molecule has 2 aromatic heterocycles. The summed E-state index contributed by atoms with van der Waals surface area (Å²) in [6, 6.07) is 8.89. The Morgan fingerprint density at radius 3 is 2.65 bits per heavy atom. The minimum Gasteiger partial charge on any atom is -0.383 e. The molecule has 0 bridgehead atoms. The number of rotatable bonds is 6. The van der Waals surface area contributed by atoms with Crippen molar-refractivity contribution in [3.8, 4) is 0 Å². The first-order valence-electron chi connectivity index (χ1n) is 9.11. The maximum atomic E-state index is 5.67. The van der Waals surface area contributed by atoms with Gasteiger partial charge in [0.15, 0.2) is 5.11 Å². The minimum absolute atomic E-state index is 0.0293. The van der Waals surface area contributed by atoms with Gasteiger partial charge in [0.25, 0.3) is 0 Å². The van der Waals surface area contributed by atoms with Crippen LogP contribution in [-0.2, 0) is 4.74 Å². The second-order valence-corrected chi connectivity index (χ2v) is 7.49. The monoisotopic (exact) mass is 372 g/mol. The Balaban J connectivity index is 2.08. The van der Waals surface area contributed by atoms with E-state index in [2.05, 4.69) is 59.6 Å². The molecule has 3 heterocycles. The van der Waals surface area contributed by atoms with E-state index in [1.54, 1.807) is 7.11 Å². The molecular formula is C20H28N4OS. The zero-order valence-electron chi connectivity index (χ0n) is 16.2. The van der Waals surface area contributed by atoms with E-state index >= 15 is 0 Å². The van der Waals surface area contributed by atoms with Crippen LogP contribution < -0.4 is 5.32 Å². The van der Waals surface area contributed by atoms with Crippen molar-refractivity contribution in [1.29, 1.82) is 0 Å². The maximum absolute atomic E-state index is 5.67. The molecule has 0 radical (unpaired) electrons. The van der Waals surface area contributed by atoms with Gasteiger partial charge >= 0.3 is 0 Å². The first-order valence-corrected chi connectivity index (χ1v) is 9.51. The molecule has 3 rings (SSSR count). The number of thiocarbonyl (C=S) groups is 1. The van der Waals surface area contributed by atoms with Crippen molar-refractivity contribution in [3.63, 3.8) is 0 Å². The van der Waals surface area contributed by atoms with Crippen molar-refractivity contribution in [2.45, 2.75) is 45.8 Å². The minimum atomic E-state index is 0.0293. The van der Waals surface area contributed by atoms with Crippen molar-refractivity contribution >= 4 is 17.3 Å². The number of aromatic nitrogens is 2. The highest BCUT2D eigenvalue weighted by molar-refractivity contribution is 7.80. The third-order valence-electron chi connectivity index (χ3n) is 5.09. The van der Waals surface area contributed by atoms with Crippen LogP contribution in [0, 0.1) is 13.8 Å². The number of nitrogens with one attached hydrogen (secondary N) is 1. The van der Waals surface area contributed by atoms with Crippen LogP contribution in [0.1, 0.15) is 54.6 Å². The Morgan fingerprint density at radius 2 is 2.08 bits per heavy atom. The molecule has 26 heavy (non-hydrogen) atoms. The molecule has 1 fully saturated rings. The van der Waals surface area contributed by atoms with Crippen molar-refractivity contribution in [2.24, 2.45) is 0 Å². The van der Waals surface area contributed by atoms with Gasteiger partial charge in [-0.05, 0) is 63.7 Å². The summed E-state index contributed by atoms with van der Waals surface area (Å²) in [7, 11) is 1.72. The van der Waals surface area contributed by atoms with E-state index in [9.17, 15) is 0 Å². The zero-order valence-corrected chi connectivity index (χ0v) is 17.0. The predicted molar refractivity (Wildman–Crippen MR) is 108 cm³/mol. The van der Waals surface area contributed by atoms with Crippen LogP contribution in [0.2, 0.25) is 0 Å². The number of ether oxygens (including phenoxy) is 1. The van der Waals surface area contributed by atoms with E-state index < -0.39 is 0 Å². The van der Waals surface area contributed by atoms with Crippen LogP contribution >= 0.6 is 12.2 Å². The normalized spacial score (nSPS) is 20.1. The summed E-state index contributed by atoms with van der Waals surface area (Å²) < 4.78 is 7.71. The van der Waals surface area contributed by atoms with E-state index in [1.165, 1.54) is 17.0 Å². The van der Waals surface area contributed by atoms with Crippen molar-refractivity contribution in [2.75, 3.05) is 20.3 Å². The second-order valence-electron chi connectivity index (χ2n) is 7.10. The Labute approximate surface area is 161 Å². The standard InChI is InChI=1S/C20H28N4OS/c1-13(2)24-14(3)12-16(15(24)4)19-18(17-8-6-7-9-21-17)22-20(26)23(19)10-11-25-5/h6-9,12-13,18-19H,10-11H2,1-5H3,(H,22,26)/t18-,19-/m0/s1. The Morgan fingerprint density at radius 1 is 1.31 bits per heavy atom. The van der Waals surface area contributed by atoms with Gasteiger partial charge in [0, 0.05) is 37.3 Å². The average molecular weight is 373 g/mol. The van der Waals surface area contributed by atoms with E-state index in [0.717, 1.165) is 17.4 Å². The van der Waals surface area contributed by atoms with Gasteiger partial charge in [-0.15, -0.1) is 0 Å².